The number of aromatic nitrogens is 2. The number of rotatable bonds is 4. The SMILES string of the molecule is CC(Oc1nc2c(c(N3CCCOCC3)n1)COC1(CCCc3ccc(N)c(C#N)c31)C2)C1CCCN1C. The Balaban J connectivity index is 1.41. The van der Waals surface area contributed by atoms with Crippen LogP contribution in [0.1, 0.15) is 67.0 Å². The maximum Gasteiger partial charge on any atom is 0.318 e. The molecule has 1 aliphatic carbocycles. The van der Waals surface area contributed by atoms with Gasteiger partial charge in [-0.15, -0.1) is 0 Å². The Morgan fingerprint density at radius 2 is 2.08 bits per heavy atom. The number of aryl methyl sites for hydroxylation is 1. The molecule has 4 aliphatic rings. The number of likely N-dealkylation sites (N-methyl/N-ethyl adjacent to an activating group) is 1. The summed E-state index contributed by atoms with van der Waals surface area (Å²) >= 11 is 0. The molecule has 9 nitrogen and oxygen atoms in total. The number of hydrogen-bond donors (Lipinski definition) is 1. The average molecular weight is 519 g/mol. The van der Waals surface area contributed by atoms with Gasteiger partial charge in [-0.3, -0.25) is 4.90 Å². The van der Waals surface area contributed by atoms with Crippen molar-refractivity contribution in [2.75, 3.05) is 50.5 Å². The standard InChI is InChI=1S/C29H38N6O3/c1-19(25-7-4-11-34(25)2)38-28-32-24-16-29(10-3-6-20-8-9-23(31)21(17-30)26(20)29)37-18-22(24)27(33-28)35-12-5-14-36-15-13-35/h8-9,19,25H,3-7,10-16,18,31H2,1-2H3. The van der Waals surface area contributed by atoms with Crippen molar-refractivity contribution < 1.29 is 14.2 Å². The maximum absolute atomic E-state index is 10.0. The molecule has 2 aromatic rings. The second-order valence-electron chi connectivity index (χ2n) is 11.2. The summed E-state index contributed by atoms with van der Waals surface area (Å²) in [4.78, 5) is 14.7. The lowest BCUT2D eigenvalue weighted by molar-refractivity contribution is -0.0857. The number of nitrogens with zero attached hydrogens (tertiary/aromatic N) is 5. The number of likely N-dealkylation sites (tertiary alicyclic amines) is 1. The Morgan fingerprint density at radius 3 is 2.89 bits per heavy atom. The van der Waals surface area contributed by atoms with Crippen LogP contribution >= 0.6 is 0 Å². The van der Waals surface area contributed by atoms with Gasteiger partial charge in [-0.25, -0.2) is 0 Å². The van der Waals surface area contributed by atoms with Crippen LogP contribution in [-0.2, 0) is 34.5 Å². The summed E-state index contributed by atoms with van der Waals surface area (Å²) in [5.74, 6) is 0.890. The minimum atomic E-state index is -0.622. The van der Waals surface area contributed by atoms with Crippen molar-refractivity contribution >= 4 is 11.5 Å². The summed E-state index contributed by atoms with van der Waals surface area (Å²) in [5.41, 5.74) is 10.8. The molecule has 0 radical (unpaired) electrons. The van der Waals surface area contributed by atoms with Gasteiger partial charge in [0.2, 0.25) is 0 Å². The van der Waals surface area contributed by atoms with E-state index >= 15 is 0 Å². The Hall–Kier alpha value is -2.93. The lowest BCUT2D eigenvalue weighted by Gasteiger charge is -2.43. The first-order valence-electron chi connectivity index (χ1n) is 14.0. The third-order valence-electron chi connectivity index (χ3n) is 8.85. The van der Waals surface area contributed by atoms with Crippen molar-refractivity contribution in [3.8, 4) is 12.1 Å². The molecule has 3 unspecified atom stereocenters. The molecule has 38 heavy (non-hydrogen) atoms. The monoisotopic (exact) mass is 518 g/mol. The summed E-state index contributed by atoms with van der Waals surface area (Å²) in [5, 5.41) is 10.0. The summed E-state index contributed by atoms with van der Waals surface area (Å²) < 4.78 is 19.0. The zero-order chi connectivity index (χ0) is 26.3. The summed E-state index contributed by atoms with van der Waals surface area (Å²) in [6, 6.07) is 7.06. The van der Waals surface area contributed by atoms with Gasteiger partial charge in [0.15, 0.2) is 0 Å². The molecule has 0 amide bonds. The topological polar surface area (TPSA) is 110 Å². The van der Waals surface area contributed by atoms with Crippen LogP contribution in [0.2, 0.25) is 0 Å². The van der Waals surface area contributed by atoms with Crippen LogP contribution in [0.5, 0.6) is 6.01 Å². The van der Waals surface area contributed by atoms with Gasteiger partial charge in [-0.1, -0.05) is 6.07 Å². The van der Waals surface area contributed by atoms with E-state index < -0.39 is 5.60 Å². The molecule has 4 heterocycles. The highest BCUT2D eigenvalue weighted by atomic mass is 16.5. The quantitative estimate of drug-likeness (QED) is 0.610. The van der Waals surface area contributed by atoms with E-state index in [9.17, 15) is 5.26 Å². The van der Waals surface area contributed by atoms with E-state index in [0.29, 0.717) is 42.9 Å². The molecule has 1 spiro atoms. The highest BCUT2D eigenvalue weighted by Gasteiger charge is 2.45. The zero-order valence-corrected chi connectivity index (χ0v) is 22.5. The summed E-state index contributed by atoms with van der Waals surface area (Å²) in [6.07, 6.45) is 6.54. The maximum atomic E-state index is 10.0. The van der Waals surface area contributed by atoms with Crippen molar-refractivity contribution in [2.24, 2.45) is 0 Å². The van der Waals surface area contributed by atoms with Gasteiger partial charge >= 0.3 is 6.01 Å². The third-order valence-corrected chi connectivity index (χ3v) is 8.85. The number of benzene rings is 1. The van der Waals surface area contributed by atoms with E-state index in [0.717, 1.165) is 86.5 Å². The average Bonchev–Trinajstić information content (AvgIpc) is 3.17. The van der Waals surface area contributed by atoms with Crippen LogP contribution < -0.4 is 15.4 Å². The first-order chi connectivity index (χ1) is 18.5. The number of nitrogens with two attached hydrogens (primary N) is 1. The van der Waals surface area contributed by atoms with Gasteiger partial charge in [-0.2, -0.15) is 15.2 Å². The summed E-state index contributed by atoms with van der Waals surface area (Å²) in [7, 11) is 2.16. The Bertz CT molecular complexity index is 1240. The Morgan fingerprint density at radius 1 is 1.18 bits per heavy atom. The van der Waals surface area contributed by atoms with E-state index in [1.165, 1.54) is 6.42 Å². The minimum Gasteiger partial charge on any atom is -0.459 e. The van der Waals surface area contributed by atoms with Gasteiger partial charge in [0.05, 0.1) is 24.5 Å². The van der Waals surface area contributed by atoms with Gasteiger partial charge in [0.25, 0.3) is 0 Å². The van der Waals surface area contributed by atoms with Crippen LogP contribution in [0.25, 0.3) is 0 Å². The van der Waals surface area contributed by atoms with Crippen LogP contribution in [0.3, 0.4) is 0 Å². The van der Waals surface area contributed by atoms with Gasteiger partial charge in [0.1, 0.15) is 23.6 Å². The molecule has 0 saturated carbocycles. The van der Waals surface area contributed by atoms with Gasteiger partial charge in [0, 0.05) is 49.0 Å². The molecule has 3 atom stereocenters. The molecule has 2 N–H and O–H groups in total. The first-order valence-corrected chi connectivity index (χ1v) is 14.0. The fourth-order valence-corrected chi connectivity index (χ4v) is 6.89. The summed E-state index contributed by atoms with van der Waals surface area (Å²) in [6.45, 7) is 6.67. The lowest BCUT2D eigenvalue weighted by atomic mass is 9.72. The molecule has 6 rings (SSSR count). The van der Waals surface area contributed by atoms with Crippen molar-refractivity contribution in [1.82, 2.24) is 14.9 Å². The van der Waals surface area contributed by atoms with Gasteiger partial charge < -0.3 is 24.8 Å². The highest BCUT2D eigenvalue weighted by Crippen LogP contribution is 2.48. The Kier molecular flexibility index (Phi) is 6.89. The lowest BCUT2D eigenvalue weighted by Crippen LogP contribution is -2.42. The molecule has 1 aromatic carbocycles. The van der Waals surface area contributed by atoms with Crippen molar-refractivity contribution in [3.05, 3.63) is 40.1 Å². The Labute approximate surface area is 224 Å². The molecule has 202 valence electrons. The molecule has 2 saturated heterocycles. The van der Waals surface area contributed by atoms with E-state index in [2.05, 4.69) is 35.9 Å². The second-order valence-corrected chi connectivity index (χ2v) is 11.2. The smallest absolute Gasteiger partial charge is 0.318 e. The molecule has 0 bridgehead atoms. The molecule has 9 heteroatoms. The van der Waals surface area contributed by atoms with Crippen molar-refractivity contribution in [2.45, 2.75) is 76.2 Å². The number of ether oxygens (including phenoxy) is 3. The molecule has 2 fully saturated rings. The predicted octanol–water partition coefficient (Wildman–Crippen LogP) is 3.32. The van der Waals surface area contributed by atoms with E-state index in [1.807, 2.05) is 6.07 Å². The molecular formula is C29H38N6O3. The van der Waals surface area contributed by atoms with Crippen molar-refractivity contribution in [1.29, 1.82) is 5.26 Å². The third kappa shape index (κ3) is 4.49. The van der Waals surface area contributed by atoms with E-state index in [1.54, 1.807) is 0 Å². The van der Waals surface area contributed by atoms with E-state index in [4.69, 9.17) is 29.9 Å². The number of anilines is 2. The molecule has 3 aliphatic heterocycles. The first kappa shape index (κ1) is 25.4. The fourth-order valence-electron chi connectivity index (χ4n) is 6.89. The number of hydrogen-bond acceptors (Lipinski definition) is 9. The minimum absolute atomic E-state index is 0.0185. The van der Waals surface area contributed by atoms with E-state index in [-0.39, 0.29) is 6.10 Å². The van der Waals surface area contributed by atoms with Crippen LogP contribution in [0.4, 0.5) is 11.5 Å². The normalized spacial score (nSPS) is 26.3. The van der Waals surface area contributed by atoms with Crippen molar-refractivity contribution in [3.63, 3.8) is 0 Å². The fraction of sp³-hybridized carbons (Fsp3) is 0.621. The van der Waals surface area contributed by atoms with Crippen LogP contribution in [0, 0.1) is 11.3 Å². The number of nitrogen functional groups attached to an aromatic ring is 1. The molecular weight excluding hydrogens is 480 g/mol. The highest BCUT2D eigenvalue weighted by molar-refractivity contribution is 5.63. The molecule has 1 aromatic heterocycles. The predicted molar refractivity (Wildman–Crippen MR) is 144 cm³/mol. The van der Waals surface area contributed by atoms with Crippen LogP contribution in [0.15, 0.2) is 12.1 Å². The second kappa shape index (κ2) is 10.3. The number of nitriles is 1. The zero-order valence-electron chi connectivity index (χ0n) is 22.5. The number of fused-ring (bicyclic) bond motifs is 3. The van der Waals surface area contributed by atoms with Crippen LogP contribution in [-0.4, -0.2) is 66.9 Å². The largest absolute Gasteiger partial charge is 0.459 e. The van der Waals surface area contributed by atoms with Gasteiger partial charge in [-0.05, 0) is 70.7 Å².